The van der Waals surface area contributed by atoms with Crippen molar-refractivity contribution in [3.63, 3.8) is 0 Å². The minimum absolute atomic E-state index is 0.0246. The highest BCUT2D eigenvalue weighted by atomic mass is 32.2. The molecule has 0 bridgehead atoms. The molecule has 4 aromatic rings. The minimum atomic E-state index is -4.58. The Labute approximate surface area is 213 Å². The van der Waals surface area contributed by atoms with E-state index in [1.165, 1.54) is 30.3 Å². The van der Waals surface area contributed by atoms with E-state index in [-0.39, 0.29) is 38.9 Å². The van der Waals surface area contributed by atoms with E-state index in [2.05, 4.69) is 0 Å². The summed E-state index contributed by atoms with van der Waals surface area (Å²) in [5.41, 5.74) is 1.36. The zero-order valence-electron chi connectivity index (χ0n) is 20.7. The summed E-state index contributed by atoms with van der Waals surface area (Å²) in [4.78, 5) is 11.3. The molecule has 4 rings (SSSR count). The van der Waals surface area contributed by atoms with Crippen molar-refractivity contribution in [2.45, 2.75) is 50.6 Å². The van der Waals surface area contributed by atoms with Crippen LogP contribution in [-0.2, 0) is 28.0 Å². The van der Waals surface area contributed by atoms with Gasteiger partial charge in [0.15, 0.2) is 0 Å². The number of aromatic carboxylic acids is 1. The van der Waals surface area contributed by atoms with Crippen molar-refractivity contribution in [2.24, 2.45) is 0 Å². The molecule has 5 nitrogen and oxygen atoms in total. The number of carbonyl (C=O) groups is 1. The van der Waals surface area contributed by atoms with Gasteiger partial charge in [0.25, 0.3) is 10.0 Å². The summed E-state index contributed by atoms with van der Waals surface area (Å²) < 4.78 is 69.3. The topological polar surface area (TPSA) is 76.4 Å². The minimum Gasteiger partial charge on any atom is -0.478 e. The molecule has 0 fully saturated rings. The average Bonchev–Trinajstić information content (AvgIpc) is 3.17. The second kappa shape index (κ2) is 9.06. The van der Waals surface area contributed by atoms with Gasteiger partial charge in [-0.25, -0.2) is 17.2 Å². The Morgan fingerprint density at radius 3 is 2.22 bits per heavy atom. The maximum atomic E-state index is 14.0. The van der Waals surface area contributed by atoms with E-state index in [4.69, 9.17) is 0 Å². The van der Waals surface area contributed by atoms with Crippen molar-refractivity contribution in [1.29, 1.82) is 0 Å². The summed E-state index contributed by atoms with van der Waals surface area (Å²) >= 11 is 0. The van der Waals surface area contributed by atoms with Gasteiger partial charge in [0.05, 0.1) is 21.5 Å². The fraction of sp³-hybridized carbons (Fsp3) is 0.250. The Bertz CT molecular complexity index is 1630. The Kier molecular flexibility index (Phi) is 6.48. The molecular formula is C28H26F3NO4S. The molecular weight excluding hydrogens is 503 g/mol. The molecule has 0 unspecified atom stereocenters. The van der Waals surface area contributed by atoms with Gasteiger partial charge in [0.1, 0.15) is 0 Å². The number of benzene rings is 3. The van der Waals surface area contributed by atoms with Crippen molar-refractivity contribution < 1.29 is 31.5 Å². The normalized spacial score (nSPS) is 12.7. The average molecular weight is 530 g/mol. The standard InChI is InChI=1S/C28H26F3NO4S/c1-17-12-19(26(33)34)9-8-18(17)14-23-15-20-13-22(28(29,30)31)10-11-25(20)32(23)37(35,36)24-7-5-6-21(16-24)27(2,3)4/h5-13,15-16H,14H2,1-4H3,(H,33,34). The first kappa shape index (κ1) is 26.5. The maximum absolute atomic E-state index is 14.0. The first-order valence-corrected chi connectivity index (χ1v) is 12.9. The molecule has 0 radical (unpaired) electrons. The van der Waals surface area contributed by atoms with Crippen LogP contribution in [0.15, 0.2) is 71.6 Å². The Hall–Kier alpha value is -3.59. The highest BCUT2D eigenvalue weighted by Crippen LogP contribution is 2.35. The molecule has 0 spiro atoms. The third-order valence-electron chi connectivity index (χ3n) is 6.36. The van der Waals surface area contributed by atoms with Crippen LogP contribution in [-0.4, -0.2) is 23.5 Å². The van der Waals surface area contributed by atoms with Gasteiger partial charge in [0.2, 0.25) is 0 Å². The van der Waals surface area contributed by atoms with E-state index < -0.39 is 27.7 Å². The van der Waals surface area contributed by atoms with Crippen LogP contribution < -0.4 is 0 Å². The second-order valence-electron chi connectivity index (χ2n) is 10.1. The van der Waals surface area contributed by atoms with E-state index in [0.717, 1.165) is 21.7 Å². The summed E-state index contributed by atoms with van der Waals surface area (Å²) in [7, 11) is -4.20. The van der Waals surface area contributed by atoms with Crippen molar-refractivity contribution in [3.05, 3.63) is 100 Å². The number of hydrogen-bond donors (Lipinski definition) is 1. The molecule has 0 aliphatic rings. The van der Waals surface area contributed by atoms with Gasteiger partial charge in [-0.05, 0) is 77.6 Å². The van der Waals surface area contributed by atoms with Crippen molar-refractivity contribution in [2.75, 3.05) is 0 Å². The molecule has 0 aliphatic carbocycles. The first-order valence-electron chi connectivity index (χ1n) is 11.5. The number of nitrogens with zero attached hydrogens (tertiary/aromatic N) is 1. The quantitative estimate of drug-likeness (QED) is 0.309. The fourth-order valence-electron chi connectivity index (χ4n) is 4.28. The number of fused-ring (bicyclic) bond motifs is 1. The van der Waals surface area contributed by atoms with E-state index in [9.17, 15) is 31.5 Å². The monoisotopic (exact) mass is 529 g/mol. The Morgan fingerprint density at radius 1 is 0.919 bits per heavy atom. The molecule has 0 saturated heterocycles. The predicted octanol–water partition coefficient (Wildman–Crippen LogP) is 6.79. The highest BCUT2D eigenvalue weighted by Gasteiger charge is 2.32. The molecule has 1 N–H and O–H groups in total. The lowest BCUT2D eigenvalue weighted by Gasteiger charge is -2.20. The van der Waals surface area contributed by atoms with Gasteiger partial charge < -0.3 is 5.11 Å². The van der Waals surface area contributed by atoms with Crippen molar-refractivity contribution in [3.8, 4) is 0 Å². The van der Waals surface area contributed by atoms with Gasteiger partial charge in [-0.15, -0.1) is 0 Å². The molecule has 0 atom stereocenters. The number of hydrogen-bond acceptors (Lipinski definition) is 3. The van der Waals surface area contributed by atoms with Gasteiger partial charge >= 0.3 is 12.1 Å². The summed E-state index contributed by atoms with van der Waals surface area (Å²) in [6.07, 6.45) is -4.51. The smallest absolute Gasteiger partial charge is 0.416 e. The van der Waals surface area contributed by atoms with E-state index in [0.29, 0.717) is 11.1 Å². The van der Waals surface area contributed by atoms with Crippen molar-refractivity contribution >= 4 is 26.9 Å². The Morgan fingerprint density at radius 2 is 1.62 bits per heavy atom. The maximum Gasteiger partial charge on any atom is 0.416 e. The van der Waals surface area contributed by atoms with Crippen LogP contribution in [0.25, 0.3) is 10.9 Å². The van der Waals surface area contributed by atoms with Gasteiger partial charge in [-0.2, -0.15) is 13.2 Å². The number of rotatable bonds is 5. The molecule has 37 heavy (non-hydrogen) atoms. The predicted molar refractivity (Wildman–Crippen MR) is 136 cm³/mol. The second-order valence-corrected chi connectivity index (χ2v) is 11.9. The van der Waals surface area contributed by atoms with E-state index >= 15 is 0 Å². The van der Waals surface area contributed by atoms with E-state index in [1.54, 1.807) is 25.1 Å². The van der Waals surface area contributed by atoms with Crippen molar-refractivity contribution in [1.82, 2.24) is 3.97 Å². The lowest BCUT2D eigenvalue weighted by Crippen LogP contribution is -2.18. The first-order chi connectivity index (χ1) is 17.1. The van der Waals surface area contributed by atoms with Gasteiger partial charge in [0, 0.05) is 17.5 Å². The SMILES string of the molecule is Cc1cc(C(=O)O)ccc1Cc1cc2cc(C(F)(F)F)ccc2n1S(=O)(=O)c1cccc(C(C)(C)C)c1. The summed E-state index contributed by atoms with van der Waals surface area (Å²) in [5, 5.41) is 9.40. The molecule has 0 amide bonds. The lowest BCUT2D eigenvalue weighted by molar-refractivity contribution is -0.137. The zero-order valence-corrected chi connectivity index (χ0v) is 21.5. The molecule has 1 aromatic heterocycles. The van der Waals surface area contributed by atoms with Crippen LogP contribution in [0.1, 0.15) is 59.1 Å². The molecule has 3 aromatic carbocycles. The van der Waals surface area contributed by atoms with Gasteiger partial charge in [-0.1, -0.05) is 39.0 Å². The van der Waals surface area contributed by atoms with Crippen LogP contribution in [0.4, 0.5) is 13.2 Å². The third-order valence-corrected chi connectivity index (χ3v) is 8.12. The number of alkyl halides is 3. The number of aromatic nitrogens is 1. The van der Waals surface area contributed by atoms with Crippen LogP contribution >= 0.6 is 0 Å². The lowest BCUT2D eigenvalue weighted by atomic mass is 9.87. The number of carboxylic acid groups (broad SMARTS) is 1. The molecule has 0 aliphatic heterocycles. The Balaban J connectivity index is 1.94. The third kappa shape index (κ3) is 5.13. The molecule has 1 heterocycles. The van der Waals surface area contributed by atoms with Gasteiger partial charge in [-0.3, -0.25) is 0 Å². The van der Waals surface area contributed by atoms with Crippen LogP contribution in [0.3, 0.4) is 0 Å². The molecule has 0 saturated carbocycles. The number of aryl methyl sites for hydroxylation is 1. The zero-order chi connectivity index (χ0) is 27.3. The number of carboxylic acids is 1. The van der Waals surface area contributed by atoms with Crippen LogP contribution in [0.5, 0.6) is 0 Å². The van der Waals surface area contributed by atoms with Crippen LogP contribution in [0, 0.1) is 6.92 Å². The largest absolute Gasteiger partial charge is 0.478 e. The summed E-state index contributed by atoms with van der Waals surface area (Å²) in [6.45, 7) is 7.57. The molecule has 9 heteroatoms. The summed E-state index contributed by atoms with van der Waals surface area (Å²) in [6, 6.07) is 15.5. The highest BCUT2D eigenvalue weighted by molar-refractivity contribution is 7.90. The van der Waals surface area contributed by atoms with E-state index in [1.807, 2.05) is 26.8 Å². The van der Waals surface area contributed by atoms with Crippen LogP contribution in [0.2, 0.25) is 0 Å². The summed E-state index contributed by atoms with van der Waals surface area (Å²) in [5.74, 6) is -1.09. The molecule has 194 valence electrons. The fourth-order valence-corrected chi connectivity index (χ4v) is 5.87. The number of halogens is 3.